The van der Waals surface area contributed by atoms with E-state index in [1.165, 1.54) is 0 Å². The number of amides is 2. The zero-order valence-electron chi connectivity index (χ0n) is 17.0. The lowest BCUT2D eigenvalue weighted by Gasteiger charge is -2.14. The molecule has 29 heavy (non-hydrogen) atoms. The van der Waals surface area contributed by atoms with Gasteiger partial charge in [-0.25, -0.2) is 0 Å². The maximum atomic E-state index is 12.7. The lowest BCUT2D eigenvalue weighted by Crippen LogP contribution is -2.15. The number of ether oxygens (including phenoxy) is 2. The summed E-state index contributed by atoms with van der Waals surface area (Å²) in [5, 5.41) is 5.77. The maximum Gasteiger partial charge on any atom is 0.255 e. The van der Waals surface area contributed by atoms with Crippen molar-refractivity contribution in [2.24, 2.45) is 5.92 Å². The van der Waals surface area contributed by atoms with Crippen LogP contribution in [0.25, 0.3) is 0 Å². The lowest BCUT2D eigenvalue weighted by molar-refractivity contribution is -0.117. The molecule has 1 aliphatic rings. The van der Waals surface area contributed by atoms with Gasteiger partial charge in [-0.2, -0.15) is 0 Å². The molecule has 0 heterocycles. The van der Waals surface area contributed by atoms with Crippen LogP contribution in [0, 0.1) is 5.92 Å². The molecular formula is C23H28N2O4. The van der Waals surface area contributed by atoms with Crippen molar-refractivity contribution < 1.29 is 19.1 Å². The Morgan fingerprint density at radius 1 is 0.897 bits per heavy atom. The predicted octanol–water partition coefficient (Wildman–Crippen LogP) is 4.87. The second-order valence-electron chi connectivity index (χ2n) is 7.16. The zero-order chi connectivity index (χ0) is 20.6. The summed E-state index contributed by atoms with van der Waals surface area (Å²) in [5.41, 5.74) is 1.77. The van der Waals surface area contributed by atoms with Gasteiger partial charge in [-0.1, -0.05) is 19.9 Å². The molecule has 6 heteroatoms. The third kappa shape index (κ3) is 5.98. The molecule has 2 amide bonds. The minimum absolute atomic E-state index is 0.0360. The molecule has 0 bridgehead atoms. The van der Waals surface area contributed by atoms with Crippen LogP contribution in [0.5, 0.6) is 11.5 Å². The van der Waals surface area contributed by atoms with Crippen molar-refractivity contribution in [3.8, 4) is 11.5 Å². The smallest absolute Gasteiger partial charge is 0.255 e. The minimum Gasteiger partial charge on any atom is -0.490 e. The standard InChI is InChI=1S/C23H28N2O4/c1-3-12-28-20-11-10-17(14-21(20)29-13-4-2)23(27)25-19-7-5-6-18(15-19)24-22(26)16-8-9-16/h5-7,10-11,14-16H,3-4,8-9,12-13H2,1-2H3,(H,24,26)(H,25,27). The summed E-state index contributed by atoms with van der Waals surface area (Å²) in [7, 11) is 0. The minimum atomic E-state index is -0.251. The van der Waals surface area contributed by atoms with Crippen molar-refractivity contribution in [3.05, 3.63) is 48.0 Å². The Kier molecular flexibility index (Phi) is 7.11. The number of nitrogens with one attached hydrogen (secondary N) is 2. The first kappa shape index (κ1) is 20.7. The Hall–Kier alpha value is -3.02. The number of hydrogen-bond acceptors (Lipinski definition) is 4. The molecule has 2 aromatic rings. The Balaban J connectivity index is 1.70. The van der Waals surface area contributed by atoms with Crippen molar-refractivity contribution in [2.45, 2.75) is 39.5 Å². The van der Waals surface area contributed by atoms with E-state index in [1.807, 2.05) is 19.9 Å². The molecular weight excluding hydrogens is 368 g/mol. The Morgan fingerprint density at radius 2 is 1.55 bits per heavy atom. The van der Waals surface area contributed by atoms with Gasteiger partial charge in [-0.3, -0.25) is 9.59 Å². The molecule has 1 saturated carbocycles. The number of carbonyl (C=O) groups is 2. The molecule has 0 spiro atoms. The van der Waals surface area contributed by atoms with E-state index in [2.05, 4.69) is 10.6 Å². The van der Waals surface area contributed by atoms with E-state index in [9.17, 15) is 9.59 Å². The van der Waals surface area contributed by atoms with Gasteiger partial charge in [0.25, 0.3) is 5.91 Å². The molecule has 6 nitrogen and oxygen atoms in total. The average Bonchev–Trinajstić information content (AvgIpc) is 3.56. The van der Waals surface area contributed by atoms with Crippen LogP contribution in [0.15, 0.2) is 42.5 Å². The molecule has 0 aliphatic heterocycles. The highest BCUT2D eigenvalue weighted by Gasteiger charge is 2.29. The van der Waals surface area contributed by atoms with Crippen LogP contribution in [0.2, 0.25) is 0 Å². The highest BCUT2D eigenvalue weighted by Crippen LogP contribution is 2.31. The predicted molar refractivity (Wildman–Crippen MR) is 114 cm³/mol. The average molecular weight is 396 g/mol. The highest BCUT2D eigenvalue weighted by atomic mass is 16.5. The summed E-state index contributed by atoms with van der Waals surface area (Å²) >= 11 is 0. The number of rotatable bonds is 10. The third-order valence-electron chi connectivity index (χ3n) is 4.47. The molecule has 0 saturated heterocycles. The summed E-state index contributed by atoms with van der Waals surface area (Å²) in [5.74, 6) is 1.12. The zero-order valence-corrected chi connectivity index (χ0v) is 17.0. The second kappa shape index (κ2) is 9.96. The first-order chi connectivity index (χ1) is 14.1. The van der Waals surface area contributed by atoms with Crippen LogP contribution in [-0.4, -0.2) is 25.0 Å². The fourth-order valence-corrected chi connectivity index (χ4v) is 2.77. The van der Waals surface area contributed by atoms with Gasteiger partial charge in [-0.05, 0) is 62.1 Å². The Bertz CT molecular complexity index is 862. The van der Waals surface area contributed by atoms with Crippen molar-refractivity contribution in [3.63, 3.8) is 0 Å². The van der Waals surface area contributed by atoms with E-state index in [0.717, 1.165) is 25.7 Å². The molecule has 1 aliphatic carbocycles. The molecule has 3 rings (SSSR count). The molecule has 0 atom stereocenters. The second-order valence-corrected chi connectivity index (χ2v) is 7.16. The van der Waals surface area contributed by atoms with Crippen LogP contribution < -0.4 is 20.1 Å². The number of benzene rings is 2. The molecule has 0 radical (unpaired) electrons. The third-order valence-corrected chi connectivity index (χ3v) is 4.47. The van der Waals surface area contributed by atoms with Crippen molar-refractivity contribution >= 4 is 23.2 Å². The lowest BCUT2D eigenvalue weighted by atomic mass is 10.1. The SMILES string of the molecule is CCCOc1ccc(C(=O)Nc2cccc(NC(=O)C3CC3)c2)cc1OCCC. The Labute approximate surface area is 171 Å². The van der Waals surface area contributed by atoms with Gasteiger partial charge in [-0.15, -0.1) is 0 Å². The summed E-state index contributed by atoms with van der Waals surface area (Å²) in [6.45, 7) is 5.21. The number of carbonyl (C=O) groups excluding carboxylic acids is 2. The van der Waals surface area contributed by atoms with Crippen LogP contribution >= 0.6 is 0 Å². The highest BCUT2D eigenvalue weighted by molar-refractivity contribution is 6.05. The number of hydrogen-bond donors (Lipinski definition) is 2. The largest absolute Gasteiger partial charge is 0.490 e. The van der Waals surface area contributed by atoms with Gasteiger partial charge in [0, 0.05) is 22.9 Å². The van der Waals surface area contributed by atoms with Gasteiger partial charge >= 0.3 is 0 Å². The van der Waals surface area contributed by atoms with Gasteiger partial charge in [0.1, 0.15) is 0 Å². The van der Waals surface area contributed by atoms with E-state index in [-0.39, 0.29) is 17.7 Å². The topological polar surface area (TPSA) is 76.7 Å². The van der Waals surface area contributed by atoms with Gasteiger partial charge in [0.2, 0.25) is 5.91 Å². The van der Waals surface area contributed by atoms with E-state index in [4.69, 9.17) is 9.47 Å². The molecule has 154 valence electrons. The maximum absolute atomic E-state index is 12.7. The van der Waals surface area contributed by atoms with Gasteiger partial charge in [0.15, 0.2) is 11.5 Å². The Morgan fingerprint density at radius 3 is 2.21 bits per heavy atom. The van der Waals surface area contributed by atoms with E-state index in [0.29, 0.717) is 41.7 Å². The summed E-state index contributed by atoms with van der Waals surface area (Å²) < 4.78 is 11.5. The number of anilines is 2. The van der Waals surface area contributed by atoms with E-state index in [1.54, 1.807) is 36.4 Å². The molecule has 2 aromatic carbocycles. The monoisotopic (exact) mass is 396 g/mol. The van der Waals surface area contributed by atoms with Gasteiger partial charge < -0.3 is 20.1 Å². The summed E-state index contributed by atoms with van der Waals surface area (Å²) in [4.78, 5) is 24.7. The van der Waals surface area contributed by atoms with E-state index >= 15 is 0 Å². The van der Waals surface area contributed by atoms with Crippen LogP contribution in [-0.2, 0) is 4.79 Å². The van der Waals surface area contributed by atoms with Crippen molar-refractivity contribution in [1.29, 1.82) is 0 Å². The summed E-state index contributed by atoms with van der Waals surface area (Å²) in [6.07, 6.45) is 3.65. The fraction of sp³-hybridized carbons (Fsp3) is 0.391. The van der Waals surface area contributed by atoms with Crippen molar-refractivity contribution in [1.82, 2.24) is 0 Å². The van der Waals surface area contributed by atoms with Crippen LogP contribution in [0.4, 0.5) is 11.4 Å². The molecule has 2 N–H and O–H groups in total. The quantitative estimate of drug-likeness (QED) is 0.601. The first-order valence-corrected chi connectivity index (χ1v) is 10.2. The summed E-state index contributed by atoms with van der Waals surface area (Å²) in [6, 6.07) is 12.3. The van der Waals surface area contributed by atoms with Crippen LogP contribution in [0.3, 0.4) is 0 Å². The van der Waals surface area contributed by atoms with Crippen LogP contribution in [0.1, 0.15) is 49.9 Å². The first-order valence-electron chi connectivity index (χ1n) is 10.2. The van der Waals surface area contributed by atoms with Crippen molar-refractivity contribution in [2.75, 3.05) is 23.8 Å². The normalized spacial score (nSPS) is 12.9. The molecule has 0 unspecified atom stereocenters. The van der Waals surface area contributed by atoms with Gasteiger partial charge in [0.05, 0.1) is 13.2 Å². The fourth-order valence-electron chi connectivity index (χ4n) is 2.77. The molecule has 0 aromatic heterocycles. The van der Waals surface area contributed by atoms with E-state index < -0.39 is 0 Å². The molecule has 1 fully saturated rings.